The van der Waals surface area contributed by atoms with Gasteiger partial charge in [-0.1, -0.05) is 17.8 Å². The number of pyridine rings is 1. The maximum atomic E-state index is 13.2. The predicted octanol–water partition coefficient (Wildman–Crippen LogP) is 4.61. The quantitative estimate of drug-likeness (QED) is 0.364. The number of hydrogen-bond donors (Lipinski definition) is 0. The molecular weight excluding hydrogens is 388 g/mol. The molecule has 0 amide bonds. The molecule has 0 radical (unpaired) electrons. The minimum atomic E-state index is 0.125. The molecule has 0 bridgehead atoms. The van der Waals surface area contributed by atoms with Crippen LogP contribution in [-0.2, 0) is 25.1 Å². The van der Waals surface area contributed by atoms with Gasteiger partial charge < -0.3 is 4.40 Å². The third-order valence-electron chi connectivity index (χ3n) is 5.35. The molecule has 4 aromatic heterocycles. The molecule has 4 heterocycles. The number of aromatic nitrogens is 4. The molecule has 0 spiro atoms. The van der Waals surface area contributed by atoms with Crippen molar-refractivity contribution in [3.63, 3.8) is 0 Å². The van der Waals surface area contributed by atoms with E-state index in [9.17, 15) is 4.79 Å². The summed E-state index contributed by atoms with van der Waals surface area (Å²) in [4.78, 5) is 25.1. The highest BCUT2D eigenvalue weighted by Crippen LogP contribution is 2.35. The van der Waals surface area contributed by atoms with E-state index in [-0.39, 0.29) is 5.56 Å². The second kappa shape index (κ2) is 7.04. The number of thioether (sulfide) groups is 1. The molecular formula is C21H22N4OS2. The Morgan fingerprint density at radius 3 is 2.89 bits per heavy atom. The average molecular weight is 411 g/mol. The highest BCUT2D eigenvalue weighted by atomic mass is 32.2. The van der Waals surface area contributed by atoms with Crippen LogP contribution in [0.25, 0.3) is 15.9 Å². The number of hydrogen-bond acceptors (Lipinski definition) is 5. The minimum absolute atomic E-state index is 0.125. The van der Waals surface area contributed by atoms with Crippen molar-refractivity contribution in [1.29, 1.82) is 0 Å². The Hall–Kier alpha value is -2.12. The van der Waals surface area contributed by atoms with Crippen LogP contribution in [0.3, 0.4) is 0 Å². The molecule has 0 saturated heterocycles. The Morgan fingerprint density at radius 2 is 2.04 bits per heavy atom. The van der Waals surface area contributed by atoms with Gasteiger partial charge in [0.05, 0.1) is 11.1 Å². The van der Waals surface area contributed by atoms with Crippen LogP contribution in [0.4, 0.5) is 0 Å². The molecule has 0 unspecified atom stereocenters. The summed E-state index contributed by atoms with van der Waals surface area (Å²) in [6, 6.07) is 4.11. The first-order valence-corrected chi connectivity index (χ1v) is 11.6. The molecule has 0 saturated carbocycles. The van der Waals surface area contributed by atoms with Gasteiger partial charge in [-0.25, -0.2) is 9.97 Å². The number of imidazole rings is 1. The average Bonchev–Trinajstić information content (AvgIpc) is 3.26. The van der Waals surface area contributed by atoms with E-state index >= 15 is 0 Å². The van der Waals surface area contributed by atoms with Gasteiger partial charge in [0.25, 0.3) is 5.56 Å². The van der Waals surface area contributed by atoms with Gasteiger partial charge in [0, 0.05) is 29.6 Å². The van der Waals surface area contributed by atoms with Crippen LogP contribution in [0.1, 0.15) is 41.5 Å². The molecule has 0 N–H and O–H groups in total. The van der Waals surface area contributed by atoms with Gasteiger partial charge in [0.2, 0.25) is 0 Å². The fourth-order valence-electron chi connectivity index (χ4n) is 3.97. The summed E-state index contributed by atoms with van der Waals surface area (Å²) in [5.41, 5.74) is 4.54. The number of aryl methyl sites for hydroxylation is 3. The minimum Gasteiger partial charge on any atom is -0.307 e. The molecule has 4 aromatic rings. The smallest absolute Gasteiger partial charge is 0.263 e. The summed E-state index contributed by atoms with van der Waals surface area (Å²) in [6.45, 7) is 4.73. The zero-order chi connectivity index (χ0) is 19.3. The number of rotatable bonds is 4. The van der Waals surface area contributed by atoms with Gasteiger partial charge in [0.15, 0.2) is 5.16 Å². The summed E-state index contributed by atoms with van der Waals surface area (Å²) in [7, 11) is 0. The maximum Gasteiger partial charge on any atom is 0.263 e. The molecule has 7 heteroatoms. The Bertz CT molecular complexity index is 1250. The lowest BCUT2D eigenvalue weighted by Crippen LogP contribution is -2.23. The topological polar surface area (TPSA) is 52.2 Å². The van der Waals surface area contributed by atoms with Crippen molar-refractivity contribution in [2.24, 2.45) is 0 Å². The first kappa shape index (κ1) is 17.9. The normalized spacial score (nSPS) is 14.1. The first-order chi connectivity index (χ1) is 13.6. The van der Waals surface area contributed by atoms with E-state index in [1.54, 1.807) is 23.1 Å². The molecule has 0 fully saturated rings. The molecule has 5 nitrogen and oxygen atoms in total. The van der Waals surface area contributed by atoms with Crippen LogP contribution in [0.2, 0.25) is 0 Å². The van der Waals surface area contributed by atoms with Gasteiger partial charge in [-0.05, 0) is 56.7 Å². The van der Waals surface area contributed by atoms with Crippen LogP contribution in [0.15, 0.2) is 34.5 Å². The van der Waals surface area contributed by atoms with Crippen molar-refractivity contribution >= 4 is 39.0 Å². The molecule has 0 atom stereocenters. The van der Waals surface area contributed by atoms with Crippen LogP contribution in [-0.4, -0.2) is 18.9 Å². The highest BCUT2D eigenvalue weighted by Gasteiger charge is 2.22. The standard InChI is InChI=1S/C21H22N4OS2/c1-3-25-20(26)18-15-6-4-5-7-16(15)28-19(18)23-21(25)27-12-14-11-24-10-13(2)8-9-17(24)22-14/h8-11H,3-7,12H2,1-2H3. The third-order valence-corrected chi connectivity index (χ3v) is 7.55. The molecule has 0 aliphatic heterocycles. The molecule has 1 aliphatic carbocycles. The monoisotopic (exact) mass is 410 g/mol. The Morgan fingerprint density at radius 1 is 1.18 bits per heavy atom. The van der Waals surface area contributed by atoms with Gasteiger partial charge in [-0.2, -0.15) is 0 Å². The summed E-state index contributed by atoms with van der Waals surface area (Å²) in [6.07, 6.45) is 8.64. The van der Waals surface area contributed by atoms with Crippen LogP contribution in [0, 0.1) is 6.92 Å². The molecule has 28 heavy (non-hydrogen) atoms. The SMILES string of the molecule is CCn1c(SCc2cn3cc(C)ccc3n2)nc2sc3c(c2c1=O)CCCC3. The van der Waals surface area contributed by atoms with E-state index in [1.807, 2.05) is 17.6 Å². The zero-order valence-corrected chi connectivity index (χ0v) is 17.7. The van der Waals surface area contributed by atoms with E-state index in [1.165, 1.54) is 28.8 Å². The van der Waals surface area contributed by atoms with Gasteiger partial charge in [-0.15, -0.1) is 11.3 Å². The van der Waals surface area contributed by atoms with E-state index in [4.69, 9.17) is 9.97 Å². The lowest BCUT2D eigenvalue weighted by Gasteiger charge is -2.11. The second-order valence-electron chi connectivity index (χ2n) is 7.33. The Balaban J connectivity index is 1.51. The predicted molar refractivity (Wildman–Crippen MR) is 116 cm³/mol. The van der Waals surface area contributed by atoms with Crippen molar-refractivity contribution < 1.29 is 0 Å². The van der Waals surface area contributed by atoms with Gasteiger partial charge >= 0.3 is 0 Å². The van der Waals surface area contributed by atoms with E-state index in [2.05, 4.69) is 29.8 Å². The van der Waals surface area contributed by atoms with Crippen LogP contribution < -0.4 is 5.56 Å². The second-order valence-corrected chi connectivity index (χ2v) is 9.35. The summed E-state index contributed by atoms with van der Waals surface area (Å²) < 4.78 is 3.89. The van der Waals surface area contributed by atoms with E-state index < -0.39 is 0 Å². The van der Waals surface area contributed by atoms with Crippen molar-refractivity contribution in [1.82, 2.24) is 18.9 Å². The summed E-state index contributed by atoms with van der Waals surface area (Å²) >= 11 is 3.32. The van der Waals surface area contributed by atoms with E-state index in [0.717, 1.165) is 39.6 Å². The van der Waals surface area contributed by atoms with Gasteiger partial charge in [0.1, 0.15) is 10.5 Å². The lowest BCUT2D eigenvalue weighted by molar-refractivity contribution is 0.633. The van der Waals surface area contributed by atoms with Crippen molar-refractivity contribution in [3.05, 3.63) is 56.6 Å². The summed E-state index contributed by atoms with van der Waals surface area (Å²) in [5, 5.41) is 1.67. The Kier molecular flexibility index (Phi) is 4.51. The van der Waals surface area contributed by atoms with Crippen molar-refractivity contribution in [2.45, 2.75) is 57.0 Å². The lowest BCUT2D eigenvalue weighted by atomic mass is 9.97. The summed E-state index contributed by atoms with van der Waals surface area (Å²) in [5.74, 6) is 0.698. The van der Waals surface area contributed by atoms with Crippen LogP contribution in [0.5, 0.6) is 0 Å². The Labute approximate surface area is 171 Å². The van der Waals surface area contributed by atoms with Crippen LogP contribution >= 0.6 is 23.1 Å². The molecule has 5 rings (SSSR count). The maximum absolute atomic E-state index is 13.2. The number of fused-ring (bicyclic) bond motifs is 4. The number of nitrogens with zero attached hydrogens (tertiary/aromatic N) is 4. The molecule has 144 valence electrons. The zero-order valence-electron chi connectivity index (χ0n) is 16.1. The van der Waals surface area contributed by atoms with Gasteiger partial charge in [-0.3, -0.25) is 9.36 Å². The van der Waals surface area contributed by atoms with Crippen molar-refractivity contribution in [3.8, 4) is 0 Å². The fraction of sp³-hybridized carbons (Fsp3) is 0.381. The van der Waals surface area contributed by atoms with E-state index in [0.29, 0.717) is 12.3 Å². The number of thiophene rings is 1. The van der Waals surface area contributed by atoms with Crippen molar-refractivity contribution in [2.75, 3.05) is 0 Å². The highest BCUT2D eigenvalue weighted by molar-refractivity contribution is 7.98. The first-order valence-electron chi connectivity index (χ1n) is 9.76. The molecule has 1 aliphatic rings. The third kappa shape index (κ3) is 2.97. The fourth-order valence-corrected chi connectivity index (χ4v) is 6.22. The molecule has 0 aromatic carbocycles. The largest absolute Gasteiger partial charge is 0.307 e.